The summed E-state index contributed by atoms with van der Waals surface area (Å²) >= 11 is 6.77. The van der Waals surface area contributed by atoms with Crippen LogP contribution in [-0.4, -0.2) is 35.3 Å². The molecule has 7 heteroatoms. The van der Waals surface area contributed by atoms with Gasteiger partial charge in [0.25, 0.3) is 0 Å². The fourth-order valence-electron chi connectivity index (χ4n) is 2.07. The van der Waals surface area contributed by atoms with E-state index in [0.717, 1.165) is 23.3 Å². The standard InChI is InChI=1S/C14H17Br2FN4/c1-20(2)3-4-21-14(12(16)8-19-21)13(18)9-5-10(15)7-11(17)6-9/h5-8,13H,3-4,18H2,1-2H3. The van der Waals surface area contributed by atoms with Crippen molar-refractivity contribution < 1.29 is 4.39 Å². The van der Waals surface area contributed by atoms with Crippen molar-refractivity contribution >= 4 is 31.9 Å². The van der Waals surface area contributed by atoms with Crippen LogP contribution in [0, 0.1) is 5.82 Å². The quantitative estimate of drug-likeness (QED) is 0.809. The van der Waals surface area contributed by atoms with Crippen molar-refractivity contribution in [2.24, 2.45) is 5.73 Å². The first-order chi connectivity index (χ1) is 9.88. The van der Waals surface area contributed by atoms with Crippen LogP contribution in [0.5, 0.6) is 0 Å². The highest BCUT2D eigenvalue weighted by atomic mass is 79.9. The summed E-state index contributed by atoms with van der Waals surface area (Å²) in [7, 11) is 4.00. The zero-order chi connectivity index (χ0) is 15.6. The summed E-state index contributed by atoms with van der Waals surface area (Å²) in [5.41, 5.74) is 7.86. The normalized spacial score (nSPS) is 12.9. The number of likely N-dealkylation sites (N-methyl/N-ethyl adjacent to an activating group) is 1. The van der Waals surface area contributed by atoms with Crippen LogP contribution in [-0.2, 0) is 6.54 Å². The van der Waals surface area contributed by atoms with E-state index in [4.69, 9.17) is 5.73 Å². The van der Waals surface area contributed by atoms with E-state index in [9.17, 15) is 4.39 Å². The Kier molecular flexibility index (Phi) is 5.54. The largest absolute Gasteiger partial charge is 0.319 e. The van der Waals surface area contributed by atoms with Gasteiger partial charge in [-0.15, -0.1) is 0 Å². The number of nitrogens with two attached hydrogens (primary N) is 1. The minimum atomic E-state index is -0.448. The van der Waals surface area contributed by atoms with Crippen LogP contribution in [0.25, 0.3) is 0 Å². The number of aromatic nitrogens is 2. The molecular weight excluding hydrogens is 403 g/mol. The van der Waals surface area contributed by atoms with Gasteiger partial charge in [0.05, 0.1) is 29.0 Å². The summed E-state index contributed by atoms with van der Waals surface area (Å²) < 4.78 is 16.9. The Bertz CT molecular complexity index is 607. The Morgan fingerprint density at radius 3 is 2.67 bits per heavy atom. The number of rotatable bonds is 5. The maximum absolute atomic E-state index is 13.6. The van der Waals surface area contributed by atoms with Crippen molar-refractivity contribution in [1.82, 2.24) is 14.7 Å². The van der Waals surface area contributed by atoms with Gasteiger partial charge >= 0.3 is 0 Å². The molecule has 0 amide bonds. The number of benzene rings is 1. The third-order valence-electron chi connectivity index (χ3n) is 3.13. The van der Waals surface area contributed by atoms with E-state index in [1.807, 2.05) is 24.8 Å². The van der Waals surface area contributed by atoms with Crippen LogP contribution in [0.2, 0.25) is 0 Å². The molecule has 1 heterocycles. The molecule has 0 saturated carbocycles. The smallest absolute Gasteiger partial charge is 0.124 e. The van der Waals surface area contributed by atoms with Gasteiger partial charge in [-0.05, 0) is 53.8 Å². The Balaban J connectivity index is 2.33. The molecule has 114 valence electrons. The average molecular weight is 420 g/mol. The molecule has 2 N–H and O–H groups in total. The van der Waals surface area contributed by atoms with Crippen molar-refractivity contribution in [3.05, 3.63) is 50.4 Å². The molecular formula is C14H17Br2FN4. The summed E-state index contributed by atoms with van der Waals surface area (Å²) in [5, 5.41) is 4.34. The second-order valence-electron chi connectivity index (χ2n) is 5.08. The van der Waals surface area contributed by atoms with E-state index in [1.165, 1.54) is 12.1 Å². The molecule has 1 atom stereocenters. The molecule has 2 aromatic rings. The molecule has 0 radical (unpaired) electrons. The van der Waals surface area contributed by atoms with Crippen molar-refractivity contribution in [2.45, 2.75) is 12.6 Å². The van der Waals surface area contributed by atoms with Crippen molar-refractivity contribution in [3.63, 3.8) is 0 Å². The summed E-state index contributed by atoms with van der Waals surface area (Å²) in [4.78, 5) is 2.07. The third-order valence-corrected chi connectivity index (χ3v) is 4.20. The van der Waals surface area contributed by atoms with Gasteiger partial charge in [-0.25, -0.2) is 4.39 Å². The summed E-state index contributed by atoms with van der Waals surface area (Å²) in [5.74, 6) is -0.315. The van der Waals surface area contributed by atoms with Gasteiger partial charge in [0, 0.05) is 11.0 Å². The fraction of sp³-hybridized carbons (Fsp3) is 0.357. The lowest BCUT2D eigenvalue weighted by Gasteiger charge is -2.17. The number of nitrogens with zero attached hydrogens (tertiary/aromatic N) is 3. The molecule has 4 nitrogen and oxygen atoms in total. The Hall–Kier alpha value is -0.760. The maximum Gasteiger partial charge on any atom is 0.124 e. The number of hydrogen-bond donors (Lipinski definition) is 1. The third kappa shape index (κ3) is 4.12. The molecule has 0 aliphatic rings. The fourth-order valence-corrected chi connectivity index (χ4v) is 3.09. The SMILES string of the molecule is CN(C)CCn1ncc(Br)c1C(N)c1cc(F)cc(Br)c1. The summed E-state index contributed by atoms with van der Waals surface area (Å²) in [6, 6.07) is 4.24. The van der Waals surface area contributed by atoms with Gasteiger partial charge in [-0.2, -0.15) is 5.10 Å². The van der Waals surface area contributed by atoms with Gasteiger partial charge in [-0.1, -0.05) is 15.9 Å². The molecule has 2 rings (SSSR count). The predicted octanol–water partition coefficient (Wildman–Crippen LogP) is 3.16. The second-order valence-corrected chi connectivity index (χ2v) is 6.85. The molecule has 0 spiro atoms. The molecule has 21 heavy (non-hydrogen) atoms. The van der Waals surface area contributed by atoms with Crippen molar-refractivity contribution in [2.75, 3.05) is 20.6 Å². The van der Waals surface area contributed by atoms with Gasteiger partial charge < -0.3 is 10.6 Å². The van der Waals surface area contributed by atoms with E-state index < -0.39 is 6.04 Å². The molecule has 0 aliphatic heterocycles. The van der Waals surface area contributed by atoms with E-state index in [0.29, 0.717) is 10.0 Å². The Morgan fingerprint density at radius 2 is 2.05 bits per heavy atom. The van der Waals surface area contributed by atoms with Crippen molar-refractivity contribution in [3.8, 4) is 0 Å². The second kappa shape index (κ2) is 7.00. The van der Waals surface area contributed by atoms with Crippen LogP contribution >= 0.6 is 31.9 Å². The van der Waals surface area contributed by atoms with Crippen LogP contribution in [0.4, 0.5) is 4.39 Å². The maximum atomic E-state index is 13.6. The van der Waals surface area contributed by atoms with Gasteiger partial charge in [0.15, 0.2) is 0 Å². The average Bonchev–Trinajstić information content (AvgIpc) is 2.75. The first-order valence-electron chi connectivity index (χ1n) is 6.46. The van der Waals surface area contributed by atoms with E-state index >= 15 is 0 Å². The highest BCUT2D eigenvalue weighted by Crippen LogP contribution is 2.28. The van der Waals surface area contributed by atoms with E-state index in [-0.39, 0.29) is 5.82 Å². The van der Waals surface area contributed by atoms with E-state index in [2.05, 4.69) is 41.9 Å². The summed E-state index contributed by atoms with van der Waals surface area (Å²) in [6.07, 6.45) is 1.72. The lowest BCUT2D eigenvalue weighted by atomic mass is 10.0. The molecule has 0 saturated heterocycles. The lowest BCUT2D eigenvalue weighted by molar-refractivity contribution is 0.368. The van der Waals surface area contributed by atoms with Crippen LogP contribution in [0.3, 0.4) is 0 Å². The Morgan fingerprint density at radius 1 is 1.33 bits per heavy atom. The number of halogens is 3. The van der Waals surface area contributed by atoms with E-state index in [1.54, 1.807) is 6.20 Å². The zero-order valence-electron chi connectivity index (χ0n) is 11.9. The first-order valence-corrected chi connectivity index (χ1v) is 8.04. The monoisotopic (exact) mass is 418 g/mol. The van der Waals surface area contributed by atoms with Gasteiger partial charge in [-0.3, -0.25) is 4.68 Å². The zero-order valence-corrected chi connectivity index (χ0v) is 15.0. The topological polar surface area (TPSA) is 47.1 Å². The summed E-state index contributed by atoms with van der Waals surface area (Å²) in [6.45, 7) is 1.57. The van der Waals surface area contributed by atoms with Gasteiger partial charge in [0.1, 0.15) is 5.82 Å². The first kappa shape index (κ1) is 16.6. The Labute approximate surface area is 140 Å². The molecule has 0 fully saturated rings. The van der Waals surface area contributed by atoms with Crippen molar-refractivity contribution in [1.29, 1.82) is 0 Å². The number of hydrogen-bond acceptors (Lipinski definition) is 3. The molecule has 1 aromatic carbocycles. The van der Waals surface area contributed by atoms with Crippen LogP contribution in [0.1, 0.15) is 17.3 Å². The highest BCUT2D eigenvalue weighted by molar-refractivity contribution is 9.10. The highest BCUT2D eigenvalue weighted by Gasteiger charge is 2.19. The minimum Gasteiger partial charge on any atom is -0.319 e. The van der Waals surface area contributed by atoms with Gasteiger partial charge in [0.2, 0.25) is 0 Å². The predicted molar refractivity (Wildman–Crippen MR) is 88.6 cm³/mol. The molecule has 1 aromatic heterocycles. The minimum absolute atomic E-state index is 0.315. The molecule has 1 unspecified atom stereocenters. The molecule has 0 aliphatic carbocycles. The lowest BCUT2D eigenvalue weighted by Crippen LogP contribution is -2.23. The van der Waals surface area contributed by atoms with Crippen LogP contribution < -0.4 is 5.73 Å². The van der Waals surface area contributed by atoms with Crippen LogP contribution in [0.15, 0.2) is 33.3 Å². The molecule has 0 bridgehead atoms.